The molecule has 0 spiro atoms. The van der Waals surface area contributed by atoms with E-state index in [0.29, 0.717) is 6.54 Å². The highest BCUT2D eigenvalue weighted by molar-refractivity contribution is 7.21. The number of thiophene rings is 1. The number of rotatable bonds is 4. The summed E-state index contributed by atoms with van der Waals surface area (Å²) in [4.78, 5) is 21.5. The van der Waals surface area contributed by atoms with Crippen molar-refractivity contribution in [1.82, 2.24) is 15.2 Å². The molecule has 1 saturated heterocycles. The van der Waals surface area contributed by atoms with Gasteiger partial charge in [0.05, 0.1) is 23.0 Å². The predicted molar refractivity (Wildman–Crippen MR) is 92.2 cm³/mol. The fourth-order valence-electron chi connectivity index (χ4n) is 2.79. The van der Waals surface area contributed by atoms with Gasteiger partial charge in [0.2, 0.25) is 5.91 Å². The van der Waals surface area contributed by atoms with Crippen molar-refractivity contribution in [1.29, 1.82) is 0 Å². The van der Waals surface area contributed by atoms with Gasteiger partial charge in [0.25, 0.3) is 0 Å². The van der Waals surface area contributed by atoms with Crippen molar-refractivity contribution in [3.05, 3.63) is 28.1 Å². The van der Waals surface area contributed by atoms with Gasteiger partial charge in [-0.15, -0.1) is 22.7 Å². The lowest BCUT2D eigenvalue weighted by Gasteiger charge is -2.28. The zero-order valence-electron chi connectivity index (χ0n) is 13.0. The number of carbonyl (C=O) groups excluding carboxylic acids is 1. The van der Waals surface area contributed by atoms with Crippen LogP contribution in [0.25, 0.3) is 9.88 Å². The molecule has 1 amide bonds. The Balaban J connectivity index is 1.60. The van der Waals surface area contributed by atoms with Crippen LogP contribution >= 0.6 is 22.7 Å². The lowest BCUT2D eigenvalue weighted by atomic mass is 9.98. The van der Waals surface area contributed by atoms with Gasteiger partial charge in [-0.25, -0.2) is 4.98 Å². The summed E-state index contributed by atoms with van der Waals surface area (Å²) in [5, 5.41) is 6.21. The summed E-state index contributed by atoms with van der Waals surface area (Å²) >= 11 is 3.38. The maximum absolute atomic E-state index is 12.3. The first-order valence-corrected chi connectivity index (χ1v) is 9.29. The number of carbonyl (C=O) groups is 1. The molecule has 3 heterocycles. The normalized spacial score (nSPS) is 19.3. The van der Waals surface area contributed by atoms with Crippen LogP contribution in [0, 0.1) is 12.8 Å². The summed E-state index contributed by atoms with van der Waals surface area (Å²) in [7, 11) is 2.08. The van der Waals surface area contributed by atoms with E-state index >= 15 is 0 Å². The highest BCUT2D eigenvalue weighted by Gasteiger charge is 2.24. The van der Waals surface area contributed by atoms with Gasteiger partial charge in [0.1, 0.15) is 5.01 Å². The molecule has 0 radical (unpaired) electrons. The van der Waals surface area contributed by atoms with Crippen molar-refractivity contribution in [3.63, 3.8) is 0 Å². The summed E-state index contributed by atoms with van der Waals surface area (Å²) in [6.07, 6.45) is 2.11. The van der Waals surface area contributed by atoms with E-state index in [1.807, 2.05) is 13.0 Å². The van der Waals surface area contributed by atoms with Gasteiger partial charge in [-0.1, -0.05) is 6.07 Å². The number of amides is 1. The third-order valence-electron chi connectivity index (χ3n) is 4.04. The van der Waals surface area contributed by atoms with E-state index in [9.17, 15) is 4.79 Å². The Kier molecular flexibility index (Phi) is 4.90. The van der Waals surface area contributed by atoms with Gasteiger partial charge in [0.15, 0.2) is 0 Å². The van der Waals surface area contributed by atoms with Gasteiger partial charge >= 0.3 is 0 Å². The van der Waals surface area contributed by atoms with Gasteiger partial charge in [-0.3, -0.25) is 4.79 Å². The van der Waals surface area contributed by atoms with Crippen molar-refractivity contribution >= 4 is 28.6 Å². The number of thiazole rings is 1. The zero-order chi connectivity index (χ0) is 15.5. The second-order valence-corrected chi connectivity index (χ2v) is 7.86. The first kappa shape index (κ1) is 15.6. The van der Waals surface area contributed by atoms with Crippen LogP contribution in [0.1, 0.15) is 23.4 Å². The van der Waals surface area contributed by atoms with Gasteiger partial charge < -0.3 is 10.2 Å². The van der Waals surface area contributed by atoms with Crippen molar-refractivity contribution in [2.45, 2.75) is 26.3 Å². The van der Waals surface area contributed by atoms with Crippen LogP contribution < -0.4 is 5.32 Å². The van der Waals surface area contributed by atoms with Crippen LogP contribution in [0.2, 0.25) is 0 Å². The van der Waals surface area contributed by atoms with Crippen molar-refractivity contribution in [2.75, 3.05) is 20.1 Å². The minimum atomic E-state index is 0.128. The molecule has 1 fully saturated rings. The quantitative estimate of drug-likeness (QED) is 0.933. The Morgan fingerprint density at radius 3 is 3.14 bits per heavy atom. The Bertz CT molecular complexity index is 636. The highest BCUT2D eigenvalue weighted by Crippen LogP contribution is 2.31. The SMILES string of the molecule is Cc1nc(-c2cccs2)sc1CNC(=O)C1CCCN(C)C1. The predicted octanol–water partition coefficient (Wildman–Crippen LogP) is 3.14. The van der Waals surface area contributed by atoms with Crippen LogP contribution in [-0.2, 0) is 11.3 Å². The number of aromatic nitrogens is 1. The first-order chi connectivity index (χ1) is 10.6. The molecule has 0 bridgehead atoms. The lowest BCUT2D eigenvalue weighted by molar-refractivity contribution is -0.126. The molecule has 118 valence electrons. The van der Waals surface area contributed by atoms with Crippen LogP contribution in [-0.4, -0.2) is 35.9 Å². The smallest absolute Gasteiger partial charge is 0.224 e. The number of piperidine rings is 1. The maximum atomic E-state index is 12.3. The molecule has 0 aromatic carbocycles. The number of hydrogen-bond acceptors (Lipinski definition) is 5. The second-order valence-electron chi connectivity index (χ2n) is 5.82. The van der Waals surface area contributed by atoms with E-state index in [2.05, 4.69) is 33.7 Å². The summed E-state index contributed by atoms with van der Waals surface area (Å²) in [5.41, 5.74) is 1.02. The van der Waals surface area contributed by atoms with Crippen molar-refractivity contribution in [3.8, 4) is 9.88 Å². The number of nitrogens with zero attached hydrogens (tertiary/aromatic N) is 2. The molecule has 4 nitrogen and oxygen atoms in total. The highest BCUT2D eigenvalue weighted by atomic mass is 32.1. The van der Waals surface area contributed by atoms with E-state index < -0.39 is 0 Å². The summed E-state index contributed by atoms with van der Waals surface area (Å²) in [6, 6.07) is 4.13. The maximum Gasteiger partial charge on any atom is 0.224 e. The Labute approximate surface area is 139 Å². The molecule has 22 heavy (non-hydrogen) atoms. The monoisotopic (exact) mass is 335 g/mol. The second kappa shape index (κ2) is 6.89. The Morgan fingerprint density at radius 1 is 1.55 bits per heavy atom. The molecule has 1 atom stereocenters. The van der Waals surface area contributed by atoms with Gasteiger partial charge in [0, 0.05) is 11.4 Å². The molecule has 2 aromatic rings. The Hall–Kier alpha value is -1.24. The topological polar surface area (TPSA) is 45.2 Å². The van der Waals surface area contributed by atoms with E-state index in [1.54, 1.807) is 22.7 Å². The molecule has 1 N–H and O–H groups in total. The molecule has 1 aliphatic rings. The number of nitrogens with one attached hydrogen (secondary N) is 1. The third-order valence-corrected chi connectivity index (χ3v) is 6.24. The fraction of sp³-hybridized carbons (Fsp3) is 0.500. The van der Waals surface area contributed by atoms with Gasteiger partial charge in [-0.05, 0) is 44.8 Å². The fourth-order valence-corrected chi connectivity index (χ4v) is 4.59. The summed E-state index contributed by atoms with van der Waals surface area (Å²) in [5.74, 6) is 0.306. The average molecular weight is 335 g/mol. The molecule has 1 aliphatic heterocycles. The molecule has 0 aliphatic carbocycles. The van der Waals surface area contributed by atoms with Crippen LogP contribution in [0.3, 0.4) is 0 Å². The molecule has 0 saturated carbocycles. The first-order valence-electron chi connectivity index (χ1n) is 7.60. The van der Waals surface area contributed by atoms with Crippen LogP contribution in [0.15, 0.2) is 17.5 Å². The van der Waals surface area contributed by atoms with E-state index in [4.69, 9.17) is 0 Å². The standard InChI is InChI=1S/C16H21N3OS2/c1-11-14(22-16(18-11)13-6-4-8-21-13)9-17-15(20)12-5-3-7-19(2)10-12/h4,6,8,12H,3,5,7,9-10H2,1-2H3,(H,17,20). The molecular weight excluding hydrogens is 314 g/mol. The van der Waals surface area contributed by atoms with Gasteiger partial charge in [-0.2, -0.15) is 0 Å². The summed E-state index contributed by atoms with van der Waals surface area (Å²) in [6.45, 7) is 4.58. The van der Waals surface area contributed by atoms with Crippen LogP contribution in [0.4, 0.5) is 0 Å². The van der Waals surface area contributed by atoms with Crippen molar-refractivity contribution in [2.24, 2.45) is 5.92 Å². The number of hydrogen-bond donors (Lipinski definition) is 1. The largest absolute Gasteiger partial charge is 0.351 e. The van der Waals surface area contributed by atoms with E-state index in [-0.39, 0.29) is 11.8 Å². The van der Waals surface area contributed by atoms with Crippen LogP contribution in [0.5, 0.6) is 0 Å². The molecule has 2 aromatic heterocycles. The summed E-state index contributed by atoms with van der Waals surface area (Å²) < 4.78 is 0. The molecule has 3 rings (SSSR count). The number of aryl methyl sites for hydroxylation is 1. The Morgan fingerprint density at radius 2 is 2.41 bits per heavy atom. The van der Waals surface area contributed by atoms with E-state index in [0.717, 1.165) is 41.5 Å². The minimum absolute atomic E-state index is 0.128. The van der Waals surface area contributed by atoms with Crippen molar-refractivity contribution < 1.29 is 4.79 Å². The molecule has 1 unspecified atom stereocenters. The molecule has 6 heteroatoms. The average Bonchev–Trinajstić information content (AvgIpc) is 3.14. The molecular formula is C16H21N3OS2. The number of likely N-dealkylation sites (tertiary alicyclic amines) is 1. The third kappa shape index (κ3) is 3.56. The zero-order valence-corrected chi connectivity index (χ0v) is 14.6. The minimum Gasteiger partial charge on any atom is -0.351 e. The lowest BCUT2D eigenvalue weighted by Crippen LogP contribution is -2.41. The van der Waals surface area contributed by atoms with E-state index in [1.165, 1.54) is 4.88 Å².